The Kier molecular flexibility index (Phi) is 10.8. The predicted octanol–water partition coefficient (Wildman–Crippen LogP) is 9.54. The van der Waals surface area contributed by atoms with E-state index in [0.29, 0.717) is 40.9 Å². The van der Waals surface area contributed by atoms with Gasteiger partial charge >= 0.3 is 0 Å². The molecule has 1 N–H and O–H groups in total. The summed E-state index contributed by atoms with van der Waals surface area (Å²) in [4.78, 5) is 16.6. The average molecular weight is 911 g/mol. The summed E-state index contributed by atoms with van der Waals surface area (Å²) in [5.74, 6) is 0.538. The molecule has 3 fully saturated rings. The molecular formula is C52H53F3N8O2S. The molecule has 7 heterocycles. The molecule has 10 nitrogen and oxygen atoms in total. The van der Waals surface area contributed by atoms with Crippen molar-refractivity contribution < 1.29 is 23.0 Å². The summed E-state index contributed by atoms with van der Waals surface area (Å²) in [7, 11) is 0. The monoisotopic (exact) mass is 910 g/mol. The highest BCUT2D eigenvalue weighted by Crippen LogP contribution is 2.49. The van der Waals surface area contributed by atoms with Crippen molar-refractivity contribution in [1.29, 1.82) is 0 Å². The van der Waals surface area contributed by atoms with Gasteiger partial charge in [0.25, 0.3) is 0 Å². The number of fused-ring (bicyclic) bond motifs is 4. The van der Waals surface area contributed by atoms with Crippen molar-refractivity contribution in [2.75, 3.05) is 75.2 Å². The van der Waals surface area contributed by atoms with Crippen LogP contribution in [0.15, 0.2) is 83.9 Å². The summed E-state index contributed by atoms with van der Waals surface area (Å²) in [5, 5.41) is 20.2. The van der Waals surface area contributed by atoms with Gasteiger partial charge in [-0.1, -0.05) is 24.3 Å². The molecule has 66 heavy (non-hydrogen) atoms. The minimum atomic E-state index is -1.00. The van der Waals surface area contributed by atoms with Crippen molar-refractivity contribution in [2.24, 2.45) is 16.8 Å². The van der Waals surface area contributed by atoms with Crippen LogP contribution in [0.2, 0.25) is 0 Å². The molecule has 0 radical (unpaired) electrons. The molecule has 1 unspecified atom stereocenters. The summed E-state index contributed by atoms with van der Waals surface area (Å²) in [6.45, 7) is 20.9. The molecule has 0 amide bonds. The molecular weight excluding hydrogens is 858 g/mol. The Morgan fingerprint density at radius 3 is 1.92 bits per heavy atom. The van der Waals surface area contributed by atoms with Gasteiger partial charge in [0.1, 0.15) is 51.9 Å². The van der Waals surface area contributed by atoms with Gasteiger partial charge in [-0.2, -0.15) is 0 Å². The summed E-state index contributed by atoms with van der Waals surface area (Å²) in [6.07, 6.45) is -0.841. The van der Waals surface area contributed by atoms with E-state index in [2.05, 4.69) is 79.4 Å². The highest BCUT2D eigenvalue weighted by Gasteiger charge is 2.36. The Morgan fingerprint density at radius 2 is 1.32 bits per heavy atom. The SMILES string of the molecule is CC1=C(c2c(F)cc(F)cc2F)C(c2ccc(N3CC(CN4CCN(CC5CN(c6ccc(C7=N[C@@H](C)c8nnc(C)n8-c8sc(C)c(C)c87)cc6)C5)CC4)C3)cc2)Oc2ccc(O)cc21. The first-order valence-corrected chi connectivity index (χ1v) is 23.8. The Morgan fingerprint density at radius 1 is 0.727 bits per heavy atom. The number of ether oxygens (including phenoxy) is 1. The Labute approximate surface area is 387 Å². The molecule has 0 bridgehead atoms. The summed E-state index contributed by atoms with van der Waals surface area (Å²) in [6, 6.07) is 22.9. The van der Waals surface area contributed by atoms with E-state index in [4.69, 9.17) is 9.73 Å². The number of hydrogen-bond donors (Lipinski definition) is 1. The van der Waals surface area contributed by atoms with Gasteiger partial charge < -0.3 is 29.4 Å². The number of phenolic OH excluding ortho intramolecular Hbond substituents is 1. The molecule has 2 atom stereocenters. The number of nitrogens with zero attached hydrogens (tertiary/aromatic N) is 8. The minimum absolute atomic E-state index is 0.00741. The van der Waals surface area contributed by atoms with Gasteiger partial charge in [-0.15, -0.1) is 21.5 Å². The molecule has 340 valence electrons. The van der Waals surface area contributed by atoms with Gasteiger partial charge in [-0.25, -0.2) is 13.2 Å². The van der Waals surface area contributed by atoms with E-state index in [9.17, 15) is 9.50 Å². The van der Waals surface area contributed by atoms with Gasteiger partial charge in [-0.05, 0) is 93.8 Å². The van der Waals surface area contributed by atoms with E-state index in [-0.39, 0.29) is 22.9 Å². The Balaban J connectivity index is 0.657. The number of hydrogen-bond acceptors (Lipinski definition) is 10. The molecule has 5 aliphatic rings. The van der Waals surface area contributed by atoms with Crippen molar-refractivity contribution in [1.82, 2.24) is 24.6 Å². The van der Waals surface area contributed by atoms with Crippen LogP contribution in [0.1, 0.15) is 75.9 Å². The predicted molar refractivity (Wildman–Crippen MR) is 255 cm³/mol. The van der Waals surface area contributed by atoms with Crippen LogP contribution in [-0.4, -0.2) is 101 Å². The fourth-order valence-corrected chi connectivity index (χ4v) is 11.9. The van der Waals surface area contributed by atoms with E-state index >= 15 is 8.78 Å². The molecule has 0 aliphatic carbocycles. The van der Waals surface area contributed by atoms with Crippen LogP contribution in [0.5, 0.6) is 11.5 Å². The summed E-state index contributed by atoms with van der Waals surface area (Å²) >= 11 is 1.79. The molecule has 6 aromatic rings. The fourth-order valence-electron chi connectivity index (χ4n) is 10.6. The molecule has 0 saturated carbocycles. The largest absolute Gasteiger partial charge is 0.508 e. The first-order chi connectivity index (χ1) is 31.9. The van der Waals surface area contributed by atoms with E-state index in [1.165, 1.54) is 33.8 Å². The number of piperazine rings is 1. The smallest absolute Gasteiger partial charge is 0.162 e. The topological polar surface area (TPSA) is 85.5 Å². The van der Waals surface area contributed by atoms with E-state index in [0.717, 1.165) is 105 Å². The van der Waals surface area contributed by atoms with Crippen molar-refractivity contribution >= 4 is 39.6 Å². The van der Waals surface area contributed by atoms with Gasteiger partial charge in [0, 0.05) is 128 Å². The molecule has 14 heteroatoms. The Bertz CT molecular complexity index is 2880. The maximum Gasteiger partial charge on any atom is 0.162 e. The molecule has 4 aromatic carbocycles. The summed E-state index contributed by atoms with van der Waals surface area (Å²) in [5.41, 5.74) is 8.70. The fraction of sp³-hybridized carbons (Fsp3) is 0.365. The maximum absolute atomic E-state index is 15.3. The van der Waals surface area contributed by atoms with E-state index in [1.54, 1.807) is 24.3 Å². The first kappa shape index (κ1) is 42.7. The van der Waals surface area contributed by atoms with Crippen molar-refractivity contribution in [3.8, 4) is 16.5 Å². The number of rotatable bonds is 9. The van der Waals surface area contributed by atoms with Crippen LogP contribution in [-0.2, 0) is 0 Å². The molecule has 5 aliphatic heterocycles. The van der Waals surface area contributed by atoms with Crippen molar-refractivity contribution in [2.45, 2.75) is 46.8 Å². The lowest BCUT2D eigenvalue weighted by Gasteiger charge is -2.46. The third-order valence-electron chi connectivity index (χ3n) is 14.4. The van der Waals surface area contributed by atoms with Gasteiger partial charge in [-0.3, -0.25) is 9.56 Å². The minimum Gasteiger partial charge on any atom is -0.508 e. The number of aromatic nitrogens is 3. The lowest BCUT2D eigenvalue weighted by molar-refractivity contribution is 0.0961. The number of aromatic hydroxyl groups is 1. The Hall–Kier alpha value is -5.96. The van der Waals surface area contributed by atoms with E-state index in [1.807, 2.05) is 31.2 Å². The number of thiophene rings is 1. The van der Waals surface area contributed by atoms with Crippen molar-refractivity contribution in [3.05, 3.63) is 146 Å². The van der Waals surface area contributed by atoms with Gasteiger partial charge in [0.05, 0.1) is 11.3 Å². The third kappa shape index (κ3) is 7.56. The standard InChI is InChI=1S/C52H53F3N8O2S/c1-29-32(4)66-52-47(29)49(56-31(3)51-58-57-33(5)63(51)52)36-6-10-39(11-7-36)61-25-34(26-61)23-59-16-18-60(19-17-59)24-35-27-62(28-35)40-12-8-37(9-13-40)50-46(48-43(54)20-38(53)21-44(48)55)30(2)42-22-41(64)14-15-45(42)65-50/h6-15,20-22,31,34-35,50,64H,16-19,23-28H2,1-5H3/t31-,50?/m0/s1. The van der Waals surface area contributed by atoms with Crippen LogP contribution >= 0.6 is 11.3 Å². The van der Waals surface area contributed by atoms with Gasteiger partial charge in [0.2, 0.25) is 0 Å². The number of halogens is 3. The van der Waals surface area contributed by atoms with Crippen LogP contribution in [0.3, 0.4) is 0 Å². The molecule has 11 rings (SSSR count). The zero-order valence-corrected chi connectivity index (χ0v) is 38.7. The first-order valence-electron chi connectivity index (χ1n) is 23.0. The van der Waals surface area contributed by atoms with E-state index < -0.39 is 23.6 Å². The molecule has 0 spiro atoms. The molecule has 2 aromatic heterocycles. The summed E-state index contributed by atoms with van der Waals surface area (Å²) < 4.78 is 53.1. The van der Waals surface area contributed by atoms with Crippen LogP contribution < -0.4 is 14.5 Å². The maximum atomic E-state index is 15.3. The number of aliphatic imine (C=N–C) groups is 1. The molecule has 3 saturated heterocycles. The lowest BCUT2D eigenvalue weighted by Crippen LogP contribution is -2.57. The number of benzene rings is 4. The second-order valence-corrected chi connectivity index (χ2v) is 20.0. The highest BCUT2D eigenvalue weighted by atomic mass is 32.1. The number of anilines is 2. The zero-order valence-electron chi connectivity index (χ0n) is 37.9. The third-order valence-corrected chi connectivity index (χ3v) is 15.6. The number of aryl methyl sites for hydroxylation is 2. The normalized spacial score (nSPS) is 20.3. The van der Waals surface area contributed by atoms with Crippen LogP contribution in [0.25, 0.3) is 16.1 Å². The zero-order chi connectivity index (χ0) is 45.5. The van der Waals surface area contributed by atoms with Crippen LogP contribution in [0.4, 0.5) is 24.5 Å². The average Bonchev–Trinajstić information content (AvgIpc) is 3.76. The number of phenols is 1. The van der Waals surface area contributed by atoms with Crippen LogP contribution in [0, 0.1) is 50.1 Å². The van der Waals surface area contributed by atoms with Gasteiger partial charge in [0.15, 0.2) is 5.82 Å². The second kappa shape index (κ2) is 16.7. The lowest BCUT2D eigenvalue weighted by atomic mass is 9.85. The number of allylic oxidation sites excluding steroid dienone is 1. The second-order valence-electron chi connectivity index (χ2n) is 18.8. The highest BCUT2D eigenvalue weighted by molar-refractivity contribution is 7.15. The van der Waals surface area contributed by atoms with Crippen molar-refractivity contribution in [3.63, 3.8) is 0 Å². The quantitative estimate of drug-likeness (QED) is 0.154.